The average Bonchev–Trinajstić information content (AvgIpc) is 3.14. The molecule has 0 spiro atoms. The van der Waals surface area contributed by atoms with Gasteiger partial charge in [-0.3, -0.25) is 19.2 Å². The maximum atomic E-state index is 12.7. The van der Waals surface area contributed by atoms with E-state index in [0.29, 0.717) is 27.7 Å². The van der Waals surface area contributed by atoms with E-state index in [9.17, 15) is 19.2 Å². The number of anilines is 2. The van der Waals surface area contributed by atoms with E-state index in [1.807, 2.05) is 0 Å². The van der Waals surface area contributed by atoms with Crippen LogP contribution < -0.4 is 26.0 Å². The lowest BCUT2D eigenvalue weighted by Crippen LogP contribution is -2.33. The van der Waals surface area contributed by atoms with Crippen LogP contribution >= 0.6 is 11.6 Å². The Balaban J connectivity index is 1.64. The molecule has 2 aromatic carbocycles. The van der Waals surface area contributed by atoms with E-state index in [4.69, 9.17) is 22.1 Å². The number of nitrogens with two attached hydrogens (primary N) is 1. The molecule has 1 atom stereocenters. The monoisotopic (exact) mass is 444 g/mol. The minimum atomic E-state index is -0.646. The molecule has 1 fully saturated rings. The summed E-state index contributed by atoms with van der Waals surface area (Å²) in [5.74, 6) is -1.69. The van der Waals surface area contributed by atoms with Gasteiger partial charge in [0.2, 0.25) is 17.7 Å². The summed E-state index contributed by atoms with van der Waals surface area (Å²) < 4.78 is 5.30. The number of primary amides is 1. The van der Waals surface area contributed by atoms with Gasteiger partial charge >= 0.3 is 0 Å². The molecular weight excluding hydrogens is 424 g/mol. The van der Waals surface area contributed by atoms with E-state index in [2.05, 4.69) is 10.6 Å². The van der Waals surface area contributed by atoms with Gasteiger partial charge in [-0.1, -0.05) is 11.6 Å². The topological polar surface area (TPSA) is 131 Å². The molecule has 9 nitrogen and oxygen atoms in total. The van der Waals surface area contributed by atoms with Gasteiger partial charge in [-0.15, -0.1) is 0 Å². The molecule has 31 heavy (non-hydrogen) atoms. The quantitative estimate of drug-likeness (QED) is 0.596. The zero-order valence-electron chi connectivity index (χ0n) is 16.7. The van der Waals surface area contributed by atoms with Gasteiger partial charge in [0, 0.05) is 29.2 Å². The van der Waals surface area contributed by atoms with Crippen LogP contribution in [0.4, 0.5) is 11.4 Å². The molecule has 0 saturated carbocycles. The van der Waals surface area contributed by atoms with Crippen molar-refractivity contribution in [2.45, 2.75) is 6.42 Å². The molecular formula is C21H21ClN4O5. The molecule has 4 N–H and O–H groups in total. The number of halogens is 1. The minimum Gasteiger partial charge on any atom is -0.495 e. The molecule has 1 unspecified atom stereocenters. The number of hydrogen-bond donors (Lipinski definition) is 3. The molecule has 162 valence electrons. The number of nitrogens with zero attached hydrogens (tertiary/aromatic N) is 1. The summed E-state index contributed by atoms with van der Waals surface area (Å²) >= 11 is 6.05. The molecule has 1 aliphatic rings. The van der Waals surface area contributed by atoms with Gasteiger partial charge in [0.1, 0.15) is 5.75 Å². The molecule has 1 heterocycles. The predicted octanol–water partition coefficient (Wildman–Crippen LogP) is 1.56. The molecule has 0 radical (unpaired) electrons. The van der Waals surface area contributed by atoms with E-state index in [-0.39, 0.29) is 31.3 Å². The maximum Gasteiger partial charge on any atom is 0.251 e. The summed E-state index contributed by atoms with van der Waals surface area (Å²) in [5.41, 5.74) is 6.30. The second-order valence-electron chi connectivity index (χ2n) is 6.94. The van der Waals surface area contributed by atoms with Gasteiger partial charge in [-0.05, 0) is 42.5 Å². The summed E-state index contributed by atoms with van der Waals surface area (Å²) in [6, 6.07) is 11.1. The zero-order chi connectivity index (χ0) is 22.5. The molecule has 1 aliphatic heterocycles. The van der Waals surface area contributed by atoms with Crippen LogP contribution in [0.1, 0.15) is 16.8 Å². The van der Waals surface area contributed by atoms with Crippen LogP contribution in [0.5, 0.6) is 5.75 Å². The maximum absolute atomic E-state index is 12.7. The first-order valence-electron chi connectivity index (χ1n) is 9.40. The van der Waals surface area contributed by atoms with Crippen molar-refractivity contribution in [3.63, 3.8) is 0 Å². The Morgan fingerprint density at radius 1 is 1.19 bits per heavy atom. The van der Waals surface area contributed by atoms with E-state index >= 15 is 0 Å². The highest BCUT2D eigenvalue weighted by molar-refractivity contribution is 6.31. The smallest absolute Gasteiger partial charge is 0.251 e. The third-order valence-corrected chi connectivity index (χ3v) is 5.00. The van der Waals surface area contributed by atoms with Crippen LogP contribution in [0, 0.1) is 5.92 Å². The first kappa shape index (κ1) is 22.1. The van der Waals surface area contributed by atoms with Crippen molar-refractivity contribution < 1.29 is 23.9 Å². The molecule has 1 saturated heterocycles. The molecule has 2 aromatic rings. The van der Waals surface area contributed by atoms with Crippen LogP contribution in [0.2, 0.25) is 5.02 Å². The summed E-state index contributed by atoms with van der Waals surface area (Å²) in [7, 11) is 1.50. The Hall–Kier alpha value is -3.59. The predicted molar refractivity (Wildman–Crippen MR) is 115 cm³/mol. The van der Waals surface area contributed by atoms with Crippen molar-refractivity contribution >= 4 is 46.6 Å². The minimum absolute atomic E-state index is 0.0507. The Kier molecular flexibility index (Phi) is 6.76. The van der Waals surface area contributed by atoms with Crippen LogP contribution in [0.3, 0.4) is 0 Å². The highest BCUT2D eigenvalue weighted by atomic mass is 35.5. The zero-order valence-corrected chi connectivity index (χ0v) is 17.4. The number of carbonyl (C=O) groups excluding carboxylic acids is 4. The van der Waals surface area contributed by atoms with E-state index < -0.39 is 17.7 Å². The fraction of sp³-hybridized carbons (Fsp3) is 0.238. The highest BCUT2D eigenvalue weighted by Gasteiger charge is 2.36. The van der Waals surface area contributed by atoms with Gasteiger partial charge in [-0.2, -0.15) is 0 Å². The first-order chi connectivity index (χ1) is 14.8. The van der Waals surface area contributed by atoms with Gasteiger partial charge in [0.15, 0.2) is 0 Å². The Labute approximate surface area is 183 Å². The SMILES string of the molecule is COc1ccc(Cl)cc1N1CC(C(=O)Nc2ccc(C(=O)NCC(N)=O)cc2)CC1=O. The van der Waals surface area contributed by atoms with Gasteiger partial charge < -0.3 is 26.0 Å². The van der Waals surface area contributed by atoms with Crippen LogP contribution in [0.15, 0.2) is 42.5 Å². The lowest BCUT2D eigenvalue weighted by Gasteiger charge is -2.20. The van der Waals surface area contributed by atoms with Crippen LogP contribution in [-0.2, 0) is 14.4 Å². The van der Waals surface area contributed by atoms with Crippen LogP contribution in [-0.4, -0.2) is 43.8 Å². The van der Waals surface area contributed by atoms with Crippen LogP contribution in [0.25, 0.3) is 0 Å². The first-order valence-corrected chi connectivity index (χ1v) is 9.77. The summed E-state index contributed by atoms with van der Waals surface area (Å²) in [5, 5.41) is 5.59. The van der Waals surface area contributed by atoms with Crippen molar-refractivity contribution in [2.24, 2.45) is 11.7 Å². The fourth-order valence-electron chi connectivity index (χ4n) is 3.21. The number of amides is 4. The largest absolute Gasteiger partial charge is 0.495 e. The second kappa shape index (κ2) is 9.48. The number of nitrogens with one attached hydrogen (secondary N) is 2. The summed E-state index contributed by atoms with van der Waals surface area (Å²) in [6.07, 6.45) is 0.0507. The van der Waals surface area contributed by atoms with Crippen molar-refractivity contribution in [1.82, 2.24) is 5.32 Å². The fourth-order valence-corrected chi connectivity index (χ4v) is 3.38. The molecule has 0 aliphatic carbocycles. The standard InChI is InChI=1S/C21H21ClN4O5/c1-31-17-7-4-14(22)9-16(17)26-11-13(8-19(26)28)21(30)25-15-5-2-12(3-6-15)20(29)24-10-18(23)27/h2-7,9,13H,8,10-11H2,1H3,(H2,23,27)(H,24,29)(H,25,30). The number of rotatable bonds is 7. The third kappa shape index (κ3) is 5.32. The number of hydrogen-bond acceptors (Lipinski definition) is 5. The van der Waals surface area contributed by atoms with Gasteiger partial charge in [-0.25, -0.2) is 0 Å². The van der Waals surface area contributed by atoms with Gasteiger partial charge in [0.25, 0.3) is 5.91 Å². The normalized spacial score (nSPS) is 15.5. The Morgan fingerprint density at radius 2 is 1.90 bits per heavy atom. The van der Waals surface area contributed by atoms with Crippen molar-refractivity contribution in [3.8, 4) is 5.75 Å². The molecule has 0 bridgehead atoms. The van der Waals surface area contributed by atoms with Gasteiger partial charge in [0.05, 0.1) is 25.3 Å². The second-order valence-corrected chi connectivity index (χ2v) is 7.37. The summed E-state index contributed by atoms with van der Waals surface area (Å²) in [4.78, 5) is 49.3. The van der Waals surface area contributed by atoms with E-state index in [1.54, 1.807) is 30.3 Å². The van der Waals surface area contributed by atoms with E-state index in [1.165, 1.54) is 24.1 Å². The average molecular weight is 445 g/mol. The highest BCUT2D eigenvalue weighted by Crippen LogP contribution is 2.35. The molecule has 10 heteroatoms. The summed E-state index contributed by atoms with van der Waals surface area (Å²) in [6.45, 7) is -0.0735. The molecule has 4 amide bonds. The number of ether oxygens (including phenoxy) is 1. The lowest BCUT2D eigenvalue weighted by molar-refractivity contribution is -0.122. The third-order valence-electron chi connectivity index (χ3n) is 4.77. The number of carbonyl (C=O) groups is 4. The lowest BCUT2D eigenvalue weighted by atomic mass is 10.1. The number of methoxy groups -OCH3 is 1. The molecule has 0 aromatic heterocycles. The van der Waals surface area contributed by atoms with Crippen molar-refractivity contribution in [1.29, 1.82) is 0 Å². The molecule has 3 rings (SSSR count). The van der Waals surface area contributed by atoms with E-state index in [0.717, 1.165) is 0 Å². The Morgan fingerprint density at radius 3 is 2.55 bits per heavy atom. The Bertz CT molecular complexity index is 1020. The van der Waals surface area contributed by atoms with Crippen molar-refractivity contribution in [3.05, 3.63) is 53.1 Å². The van der Waals surface area contributed by atoms with Crippen molar-refractivity contribution in [2.75, 3.05) is 30.4 Å². The number of benzene rings is 2.